The zero-order valence-corrected chi connectivity index (χ0v) is 10.0. The van der Waals surface area contributed by atoms with Crippen LogP contribution in [-0.4, -0.2) is 13.6 Å². The van der Waals surface area contributed by atoms with Gasteiger partial charge in [0.05, 0.1) is 7.85 Å². The van der Waals surface area contributed by atoms with E-state index in [0.717, 1.165) is 6.92 Å². The fraction of sp³-hybridized carbons (Fsp3) is 0.222. The van der Waals surface area contributed by atoms with Crippen LogP contribution >= 0.6 is 10.2 Å². The summed E-state index contributed by atoms with van der Waals surface area (Å²) in [6.07, 6.45) is -0.473. The predicted octanol–water partition coefficient (Wildman–Crippen LogP) is 4.00. The topological polar surface area (TPSA) is 43.1 Å². The van der Waals surface area contributed by atoms with Gasteiger partial charge in [0.25, 0.3) is 0 Å². The second-order valence-electron chi connectivity index (χ2n) is 3.80. The quantitative estimate of drug-likeness (QED) is 0.394. The maximum absolute atomic E-state index is 12.6. The first-order valence-electron chi connectivity index (χ1n) is 4.63. The summed E-state index contributed by atoms with van der Waals surface area (Å²) in [7, 11) is -4.78. The van der Waals surface area contributed by atoms with Crippen molar-refractivity contribution in [3.8, 4) is 0 Å². The summed E-state index contributed by atoms with van der Waals surface area (Å²) in [4.78, 5) is 9.16. The number of rotatable bonds is 3. The largest absolute Gasteiger partial charge is 0.398 e. The van der Waals surface area contributed by atoms with Crippen molar-refractivity contribution in [2.45, 2.75) is 18.1 Å². The summed E-state index contributed by atoms with van der Waals surface area (Å²) in [5.41, 5.74) is 3.47. The number of Topliss-reactive ketones (excluding diaryl/α,β-unsaturated/α-hetero) is 1. The summed E-state index contributed by atoms with van der Waals surface area (Å²) in [6, 6.07) is 0.761. The third-order valence-corrected chi connectivity index (χ3v) is 3.52. The van der Waals surface area contributed by atoms with Gasteiger partial charge < -0.3 is 5.73 Å². The van der Waals surface area contributed by atoms with Gasteiger partial charge in [0.2, 0.25) is 0 Å². The van der Waals surface area contributed by atoms with Crippen LogP contribution in [0.3, 0.4) is 0 Å². The lowest BCUT2D eigenvalue weighted by atomic mass is 9.94. The maximum Gasteiger partial charge on any atom is 0.310 e. The lowest BCUT2D eigenvalue weighted by molar-refractivity contribution is 0.101. The minimum absolute atomic E-state index is 0.0831. The van der Waals surface area contributed by atoms with Crippen LogP contribution < -0.4 is 5.73 Å². The lowest BCUT2D eigenvalue weighted by Gasteiger charge is -2.41. The number of hydrogen-bond donors (Lipinski definition) is 1. The molecule has 1 aromatic carbocycles. The number of carbonyl (C=O) groups is 1. The van der Waals surface area contributed by atoms with Crippen molar-refractivity contribution in [1.82, 2.24) is 0 Å². The third-order valence-electron chi connectivity index (χ3n) is 2.25. The van der Waals surface area contributed by atoms with Gasteiger partial charge in [-0.15, -0.1) is 0 Å². The molecule has 0 aromatic heterocycles. The molecule has 0 atom stereocenters. The molecule has 0 aliphatic carbocycles. The van der Waals surface area contributed by atoms with E-state index in [-0.39, 0.29) is 11.6 Å². The molecule has 2 nitrogen and oxygen atoms in total. The van der Waals surface area contributed by atoms with E-state index < -0.39 is 38.5 Å². The van der Waals surface area contributed by atoms with Gasteiger partial charge in [0.15, 0.2) is 5.78 Å². The highest BCUT2D eigenvalue weighted by Crippen LogP contribution is 3.02. The van der Waals surface area contributed by atoms with Crippen molar-refractivity contribution < 1.29 is 24.2 Å². The van der Waals surface area contributed by atoms with Crippen LogP contribution in [0.5, 0.6) is 0 Å². The molecule has 0 aliphatic rings. The Hall–Kier alpha value is -1.25. The Morgan fingerprint density at radius 2 is 1.78 bits per heavy atom. The smallest absolute Gasteiger partial charge is 0.310 e. The van der Waals surface area contributed by atoms with Crippen LogP contribution in [0.15, 0.2) is 17.0 Å². The Bertz CT molecular complexity index is 527. The summed E-state index contributed by atoms with van der Waals surface area (Å²) < 4.78 is 63.2. The standard InChI is InChI=1S/C9H9BF5NOS/c1-5-2-6(8(17)4-10)7(16)3-9(5)18(11,12,13,14)15/h2-3H,4,16H2,1H3. The molecule has 0 amide bonds. The molecule has 2 radical (unpaired) electrons. The number of halogens is 5. The third kappa shape index (κ3) is 2.95. The molecule has 1 aromatic rings. The number of nitrogens with two attached hydrogens (primary N) is 1. The van der Waals surface area contributed by atoms with E-state index in [2.05, 4.69) is 0 Å². The molecule has 0 heterocycles. The Labute approximate surface area is 101 Å². The van der Waals surface area contributed by atoms with Crippen molar-refractivity contribution in [2.24, 2.45) is 0 Å². The van der Waals surface area contributed by atoms with Crippen molar-refractivity contribution in [2.75, 3.05) is 5.73 Å². The summed E-state index contributed by atoms with van der Waals surface area (Å²) in [6.45, 7) is 0.833. The number of carbonyl (C=O) groups excluding carboxylic acids is 1. The predicted molar refractivity (Wildman–Crippen MR) is 61.9 cm³/mol. The average molecular weight is 285 g/mol. The molecule has 0 spiro atoms. The van der Waals surface area contributed by atoms with E-state index >= 15 is 0 Å². The number of aryl methyl sites for hydroxylation is 1. The van der Waals surface area contributed by atoms with Gasteiger partial charge in [-0.2, -0.15) is 0 Å². The fourth-order valence-corrected chi connectivity index (χ4v) is 2.49. The van der Waals surface area contributed by atoms with Gasteiger partial charge >= 0.3 is 10.2 Å². The van der Waals surface area contributed by atoms with Gasteiger partial charge in [0.1, 0.15) is 4.90 Å². The Morgan fingerprint density at radius 3 is 2.17 bits per heavy atom. The summed E-state index contributed by atoms with van der Waals surface area (Å²) >= 11 is 0. The second kappa shape index (κ2) is 3.40. The molecule has 18 heavy (non-hydrogen) atoms. The first kappa shape index (κ1) is 14.8. The molecule has 1 rings (SSSR count). The highest BCUT2D eigenvalue weighted by molar-refractivity contribution is 8.45. The lowest BCUT2D eigenvalue weighted by Crippen LogP contribution is -2.11. The first-order valence-corrected chi connectivity index (χ1v) is 6.59. The Balaban J connectivity index is 3.58. The molecule has 0 fully saturated rings. The number of hydrogen-bond acceptors (Lipinski definition) is 2. The zero-order valence-electron chi connectivity index (χ0n) is 9.22. The molecule has 0 aliphatic heterocycles. The normalized spacial score (nSPS) is 15.9. The average Bonchev–Trinajstić information content (AvgIpc) is 2.16. The number of nitrogen functional groups attached to an aromatic ring is 1. The van der Waals surface area contributed by atoms with Crippen LogP contribution in [0.4, 0.5) is 25.1 Å². The van der Waals surface area contributed by atoms with Gasteiger partial charge in [-0.05, 0) is 30.9 Å². The van der Waals surface area contributed by atoms with Crippen LogP contribution in [0.2, 0.25) is 6.32 Å². The van der Waals surface area contributed by atoms with Crippen molar-refractivity contribution in [3.63, 3.8) is 0 Å². The molecule has 0 saturated carbocycles. The van der Waals surface area contributed by atoms with Gasteiger partial charge in [0, 0.05) is 11.3 Å². The molecule has 100 valence electrons. The molecule has 0 unspecified atom stereocenters. The monoisotopic (exact) mass is 285 g/mol. The van der Waals surface area contributed by atoms with Crippen molar-refractivity contribution >= 4 is 29.5 Å². The van der Waals surface area contributed by atoms with Crippen LogP contribution in [0.1, 0.15) is 15.9 Å². The number of ketones is 1. The van der Waals surface area contributed by atoms with Crippen molar-refractivity contribution in [1.29, 1.82) is 0 Å². The van der Waals surface area contributed by atoms with E-state index in [4.69, 9.17) is 13.6 Å². The summed E-state index contributed by atoms with van der Waals surface area (Å²) in [5.74, 6) is -0.718. The zero-order chi connectivity index (χ0) is 14.4. The molecule has 0 saturated heterocycles. The van der Waals surface area contributed by atoms with Crippen LogP contribution in [-0.2, 0) is 0 Å². The van der Waals surface area contributed by atoms with E-state index in [9.17, 15) is 24.2 Å². The number of anilines is 1. The van der Waals surface area contributed by atoms with Crippen LogP contribution in [0, 0.1) is 6.92 Å². The van der Waals surface area contributed by atoms with Gasteiger partial charge in [-0.1, -0.05) is 19.4 Å². The van der Waals surface area contributed by atoms with Crippen molar-refractivity contribution in [3.05, 3.63) is 23.3 Å². The van der Waals surface area contributed by atoms with Gasteiger partial charge in [-0.3, -0.25) is 4.79 Å². The van der Waals surface area contributed by atoms with Crippen LogP contribution in [0.25, 0.3) is 0 Å². The number of benzene rings is 1. The van der Waals surface area contributed by atoms with E-state index in [1.54, 1.807) is 0 Å². The maximum atomic E-state index is 12.6. The fourth-order valence-electron chi connectivity index (χ4n) is 1.47. The first-order chi connectivity index (χ1) is 7.76. The molecule has 2 N–H and O–H groups in total. The van der Waals surface area contributed by atoms with E-state index in [1.165, 1.54) is 0 Å². The van der Waals surface area contributed by atoms with E-state index in [0.29, 0.717) is 6.07 Å². The van der Waals surface area contributed by atoms with Gasteiger partial charge in [-0.25, -0.2) is 0 Å². The molecular formula is C9H9BF5NOS. The minimum Gasteiger partial charge on any atom is -0.398 e. The van der Waals surface area contributed by atoms with E-state index in [1.807, 2.05) is 0 Å². The molecular weight excluding hydrogens is 276 g/mol. The highest BCUT2D eigenvalue weighted by atomic mass is 32.5. The summed E-state index contributed by atoms with van der Waals surface area (Å²) in [5, 5.41) is 0. The minimum atomic E-state index is -9.81. The Morgan fingerprint density at radius 1 is 1.28 bits per heavy atom. The molecule has 0 bridgehead atoms. The highest BCUT2D eigenvalue weighted by Gasteiger charge is 2.66. The second-order valence-corrected chi connectivity index (χ2v) is 6.18. The molecule has 9 heteroatoms. The Kier molecular flexibility index (Phi) is 2.80. The SMILES string of the molecule is [B]CC(=O)c1cc(C)c(S(F)(F)(F)(F)F)cc1N.